The first-order chi connectivity index (χ1) is 12.0. The third-order valence-corrected chi connectivity index (χ3v) is 5.80. The molecule has 0 aliphatic carbocycles. The summed E-state index contributed by atoms with van der Waals surface area (Å²) in [6.07, 6.45) is 0. The number of halogens is 3. The predicted octanol–water partition coefficient (Wildman–Crippen LogP) is 6.10. The smallest absolute Gasteiger partial charge is 0.258 e. The van der Waals surface area contributed by atoms with Crippen molar-refractivity contribution in [1.29, 1.82) is 0 Å². The van der Waals surface area contributed by atoms with E-state index in [0.717, 1.165) is 29.0 Å². The Morgan fingerprint density at radius 1 is 1.00 bits per heavy atom. The van der Waals surface area contributed by atoms with Crippen LogP contribution in [-0.2, 0) is 0 Å². The predicted molar refractivity (Wildman–Crippen MR) is 122 cm³/mol. The lowest BCUT2D eigenvalue weighted by atomic mass is 10.0. The van der Waals surface area contributed by atoms with Crippen LogP contribution in [0.4, 0.5) is 5.69 Å². The van der Waals surface area contributed by atoms with Gasteiger partial charge in [-0.2, -0.15) is 0 Å². The summed E-state index contributed by atoms with van der Waals surface area (Å²) in [6.45, 7) is 0. The van der Waals surface area contributed by atoms with E-state index in [2.05, 4.69) is 65.1 Å². The molecule has 0 heterocycles. The van der Waals surface area contributed by atoms with Gasteiger partial charge in [0.25, 0.3) is 5.91 Å². The highest BCUT2D eigenvalue weighted by Gasteiger charge is 2.13. The van der Waals surface area contributed by atoms with E-state index in [0.29, 0.717) is 5.56 Å². The minimum absolute atomic E-state index is 0.242. The zero-order valence-corrected chi connectivity index (χ0v) is 18.8. The van der Waals surface area contributed by atoms with Gasteiger partial charge in [-0.15, -0.1) is 0 Å². The van der Waals surface area contributed by atoms with Gasteiger partial charge < -0.3 is 5.32 Å². The molecule has 0 saturated heterocycles. The highest BCUT2D eigenvalue weighted by atomic mass is 127. The molecule has 3 aromatic rings. The average molecular weight is 590 g/mol. The van der Waals surface area contributed by atoms with Gasteiger partial charge in [-0.05, 0) is 75.9 Å². The third-order valence-electron chi connectivity index (χ3n) is 3.52. The molecular formula is C18H11Br2IN2OS. The van der Waals surface area contributed by atoms with Crippen LogP contribution in [0.5, 0.6) is 0 Å². The van der Waals surface area contributed by atoms with Crippen LogP contribution in [0.2, 0.25) is 0 Å². The van der Waals surface area contributed by atoms with Gasteiger partial charge in [-0.1, -0.05) is 56.1 Å². The molecule has 2 N–H and O–H groups in total. The van der Waals surface area contributed by atoms with Crippen molar-refractivity contribution >= 4 is 94.1 Å². The van der Waals surface area contributed by atoms with Crippen molar-refractivity contribution in [2.45, 2.75) is 0 Å². The van der Waals surface area contributed by atoms with Crippen molar-refractivity contribution in [3.05, 3.63) is 72.7 Å². The molecule has 0 spiro atoms. The summed E-state index contributed by atoms with van der Waals surface area (Å²) in [5.74, 6) is -0.242. The number of benzene rings is 3. The number of hydrogen-bond acceptors (Lipinski definition) is 2. The van der Waals surface area contributed by atoms with E-state index in [1.165, 1.54) is 0 Å². The highest BCUT2D eigenvalue weighted by Crippen LogP contribution is 2.26. The van der Waals surface area contributed by atoms with E-state index in [9.17, 15) is 4.79 Å². The molecule has 0 fully saturated rings. The Morgan fingerprint density at radius 2 is 1.72 bits per heavy atom. The zero-order valence-electron chi connectivity index (χ0n) is 12.6. The molecule has 0 saturated carbocycles. The van der Waals surface area contributed by atoms with Gasteiger partial charge in [0, 0.05) is 18.1 Å². The summed E-state index contributed by atoms with van der Waals surface area (Å²) in [4.78, 5) is 12.6. The number of carbonyl (C=O) groups is 1. The average Bonchev–Trinajstić information content (AvgIpc) is 2.57. The molecule has 25 heavy (non-hydrogen) atoms. The molecule has 7 heteroatoms. The standard InChI is InChI=1S/C18H11Br2IN2OS/c19-10-7-8-16(15(21)9-10)22-18(25)23-17(24)13-5-1-4-12-11(13)3-2-6-14(12)20/h1-9H,(H2,22,23,24,25). The van der Waals surface area contributed by atoms with E-state index in [-0.39, 0.29) is 11.0 Å². The lowest BCUT2D eigenvalue weighted by Crippen LogP contribution is -2.34. The lowest BCUT2D eigenvalue weighted by molar-refractivity contribution is 0.0979. The first-order valence-corrected chi connectivity index (χ1v) is 10.3. The van der Waals surface area contributed by atoms with Crippen LogP contribution in [0.3, 0.4) is 0 Å². The molecule has 0 atom stereocenters. The molecule has 126 valence electrons. The number of thiocarbonyl (C=S) groups is 1. The minimum Gasteiger partial charge on any atom is -0.332 e. The van der Waals surface area contributed by atoms with E-state index in [4.69, 9.17) is 12.2 Å². The van der Waals surface area contributed by atoms with Crippen molar-refractivity contribution < 1.29 is 4.79 Å². The number of nitrogens with one attached hydrogen (secondary N) is 2. The highest BCUT2D eigenvalue weighted by molar-refractivity contribution is 14.1. The molecule has 0 radical (unpaired) electrons. The maximum atomic E-state index is 12.6. The van der Waals surface area contributed by atoms with Gasteiger partial charge in [-0.3, -0.25) is 10.1 Å². The molecule has 3 rings (SSSR count). The van der Waals surface area contributed by atoms with Crippen LogP contribution in [0.15, 0.2) is 63.5 Å². The Labute approximate surface area is 181 Å². The van der Waals surface area contributed by atoms with Gasteiger partial charge >= 0.3 is 0 Å². The lowest BCUT2D eigenvalue weighted by Gasteiger charge is -2.12. The molecule has 0 aliphatic rings. The fourth-order valence-corrected chi connectivity index (χ4v) is 4.52. The number of hydrogen-bond donors (Lipinski definition) is 2. The van der Waals surface area contributed by atoms with Crippen LogP contribution in [0.1, 0.15) is 10.4 Å². The summed E-state index contributed by atoms with van der Waals surface area (Å²) >= 11 is 14.4. The number of anilines is 1. The molecule has 0 unspecified atom stereocenters. The second-order valence-corrected chi connectivity index (χ2v) is 8.51. The van der Waals surface area contributed by atoms with Crippen LogP contribution >= 0.6 is 66.7 Å². The third kappa shape index (κ3) is 4.39. The second kappa shape index (κ2) is 8.11. The van der Waals surface area contributed by atoms with Gasteiger partial charge in [0.15, 0.2) is 5.11 Å². The fraction of sp³-hybridized carbons (Fsp3) is 0. The van der Waals surface area contributed by atoms with E-state index in [1.54, 1.807) is 6.07 Å². The van der Waals surface area contributed by atoms with Gasteiger partial charge in [-0.25, -0.2) is 0 Å². The van der Waals surface area contributed by atoms with Crippen LogP contribution in [0.25, 0.3) is 10.8 Å². The van der Waals surface area contributed by atoms with E-state index < -0.39 is 0 Å². The van der Waals surface area contributed by atoms with Crippen molar-refractivity contribution in [2.75, 3.05) is 5.32 Å². The SMILES string of the molecule is O=C(NC(=S)Nc1ccc(Br)cc1I)c1cccc2c(Br)cccc12. The van der Waals surface area contributed by atoms with E-state index in [1.807, 2.05) is 48.5 Å². The van der Waals surface area contributed by atoms with Crippen molar-refractivity contribution in [2.24, 2.45) is 0 Å². The summed E-state index contributed by atoms with van der Waals surface area (Å²) in [7, 11) is 0. The topological polar surface area (TPSA) is 41.1 Å². The molecule has 3 nitrogen and oxygen atoms in total. The summed E-state index contributed by atoms with van der Waals surface area (Å²) in [5, 5.41) is 7.92. The summed E-state index contributed by atoms with van der Waals surface area (Å²) in [6, 6.07) is 17.2. The first kappa shape index (κ1) is 18.8. The Kier molecular flexibility index (Phi) is 6.08. The first-order valence-electron chi connectivity index (χ1n) is 7.20. The molecule has 0 aromatic heterocycles. The van der Waals surface area contributed by atoms with E-state index >= 15 is 0 Å². The monoisotopic (exact) mass is 588 g/mol. The van der Waals surface area contributed by atoms with Crippen LogP contribution in [0, 0.1) is 3.57 Å². The Hall–Kier alpha value is -1.03. The van der Waals surface area contributed by atoms with Gasteiger partial charge in [0.05, 0.1) is 5.69 Å². The maximum absolute atomic E-state index is 12.6. The summed E-state index contributed by atoms with van der Waals surface area (Å²) in [5.41, 5.74) is 1.42. The Balaban J connectivity index is 1.80. The second-order valence-electron chi connectivity index (χ2n) is 5.17. The van der Waals surface area contributed by atoms with Gasteiger partial charge in [0.2, 0.25) is 0 Å². The van der Waals surface area contributed by atoms with Crippen LogP contribution < -0.4 is 10.6 Å². The number of fused-ring (bicyclic) bond motifs is 1. The molecule has 1 amide bonds. The Bertz CT molecular complexity index is 994. The fourth-order valence-electron chi connectivity index (χ4n) is 2.38. The van der Waals surface area contributed by atoms with Crippen molar-refractivity contribution in [3.63, 3.8) is 0 Å². The van der Waals surface area contributed by atoms with Crippen LogP contribution in [-0.4, -0.2) is 11.0 Å². The molecule has 3 aromatic carbocycles. The molecule has 0 aliphatic heterocycles. The molecular weight excluding hydrogens is 579 g/mol. The zero-order chi connectivity index (χ0) is 18.0. The summed E-state index contributed by atoms with van der Waals surface area (Å²) < 4.78 is 2.93. The Morgan fingerprint density at radius 3 is 2.48 bits per heavy atom. The maximum Gasteiger partial charge on any atom is 0.258 e. The largest absolute Gasteiger partial charge is 0.332 e. The number of carbonyl (C=O) groups excluding carboxylic acids is 1. The minimum atomic E-state index is -0.242. The normalized spacial score (nSPS) is 10.5. The number of amides is 1. The van der Waals surface area contributed by atoms with Crippen molar-refractivity contribution in [3.8, 4) is 0 Å². The molecule has 0 bridgehead atoms. The van der Waals surface area contributed by atoms with Gasteiger partial charge in [0.1, 0.15) is 0 Å². The number of rotatable bonds is 2. The van der Waals surface area contributed by atoms with Crippen molar-refractivity contribution in [1.82, 2.24) is 5.32 Å². The quantitative estimate of drug-likeness (QED) is 0.281.